The third-order valence-corrected chi connectivity index (χ3v) is 4.31. The molecule has 3 rings (SSSR count). The molecule has 1 aliphatic heterocycles. The van der Waals surface area contributed by atoms with Crippen molar-refractivity contribution in [1.82, 2.24) is 5.32 Å². The van der Waals surface area contributed by atoms with Crippen LogP contribution < -0.4 is 10.2 Å². The van der Waals surface area contributed by atoms with E-state index in [0.29, 0.717) is 12.2 Å². The van der Waals surface area contributed by atoms with Gasteiger partial charge in [-0.25, -0.2) is 0 Å². The van der Waals surface area contributed by atoms with Crippen molar-refractivity contribution in [3.05, 3.63) is 65.2 Å². The summed E-state index contributed by atoms with van der Waals surface area (Å²) in [6.45, 7) is 2.11. The number of alkyl halides is 3. The largest absolute Gasteiger partial charge is 0.417 e. The van der Waals surface area contributed by atoms with Gasteiger partial charge in [0.15, 0.2) is 0 Å². The van der Waals surface area contributed by atoms with Crippen molar-refractivity contribution in [2.75, 3.05) is 11.4 Å². The van der Waals surface area contributed by atoms with E-state index in [1.807, 2.05) is 0 Å². The van der Waals surface area contributed by atoms with Crippen LogP contribution in [0.25, 0.3) is 0 Å². The van der Waals surface area contributed by atoms with Crippen molar-refractivity contribution in [2.24, 2.45) is 0 Å². The van der Waals surface area contributed by atoms with E-state index in [9.17, 15) is 22.8 Å². The van der Waals surface area contributed by atoms with Crippen LogP contribution in [0.1, 0.15) is 28.4 Å². The van der Waals surface area contributed by atoms with Crippen molar-refractivity contribution in [3.8, 4) is 0 Å². The van der Waals surface area contributed by atoms with Gasteiger partial charge >= 0.3 is 6.18 Å². The number of anilines is 1. The fraction of sp³-hybridized carbons (Fsp3) is 0.263. The first-order chi connectivity index (χ1) is 12.3. The van der Waals surface area contributed by atoms with Crippen LogP contribution in [0, 0.1) is 0 Å². The Bertz CT molecular complexity index is 849. The SMILES string of the molecule is CCNC(=O)C1Cc2ccccc2N1C(=O)c1ccccc1C(F)(F)F. The van der Waals surface area contributed by atoms with E-state index in [-0.39, 0.29) is 12.3 Å². The van der Waals surface area contributed by atoms with Crippen molar-refractivity contribution < 1.29 is 22.8 Å². The second-order valence-electron chi connectivity index (χ2n) is 5.96. The first-order valence-corrected chi connectivity index (χ1v) is 8.20. The Morgan fingerprint density at radius 2 is 1.77 bits per heavy atom. The number of amides is 2. The summed E-state index contributed by atoms with van der Waals surface area (Å²) in [7, 11) is 0. The van der Waals surface area contributed by atoms with Gasteiger partial charge in [0.25, 0.3) is 5.91 Å². The van der Waals surface area contributed by atoms with Gasteiger partial charge in [0.2, 0.25) is 5.91 Å². The molecule has 1 N–H and O–H groups in total. The van der Waals surface area contributed by atoms with Crippen LogP contribution in [-0.4, -0.2) is 24.4 Å². The Morgan fingerprint density at radius 3 is 2.46 bits per heavy atom. The second kappa shape index (κ2) is 6.82. The van der Waals surface area contributed by atoms with Crippen LogP contribution in [0.3, 0.4) is 0 Å². The standard InChI is InChI=1S/C19H17F3N2O2/c1-2-23-17(25)16-11-12-7-3-6-10-15(12)24(16)18(26)13-8-4-5-9-14(13)19(20,21)22/h3-10,16H,2,11H2,1H3,(H,23,25). The summed E-state index contributed by atoms with van der Waals surface area (Å²) in [5.74, 6) is -1.22. The van der Waals surface area contributed by atoms with Crippen molar-refractivity contribution >= 4 is 17.5 Å². The summed E-state index contributed by atoms with van der Waals surface area (Å²) < 4.78 is 40.0. The Labute approximate surface area is 148 Å². The van der Waals surface area contributed by atoms with E-state index >= 15 is 0 Å². The van der Waals surface area contributed by atoms with E-state index in [1.54, 1.807) is 31.2 Å². The number of benzene rings is 2. The smallest absolute Gasteiger partial charge is 0.355 e. The van der Waals surface area contributed by atoms with E-state index in [1.165, 1.54) is 17.0 Å². The van der Waals surface area contributed by atoms with E-state index < -0.39 is 29.3 Å². The molecule has 7 heteroatoms. The van der Waals surface area contributed by atoms with Gasteiger partial charge in [-0.3, -0.25) is 14.5 Å². The Kier molecular flexibility index (Phi) is 4.71. The molecule has 1 heterocycles. The molecule has 0 aliphatic carbocycles. The third kappa shape index (κ3) is 3.16. The first-order valence-electron chi connectivity index (χ1n) is 8.20. The fourth-order valence-corrected chi connectivity index (χ4v) is 3.19. The van der Waals surface area contributed by atoms with Crippen LogP contribution in [0.15, 0.2) is 48.5 Å². The lowest BCUT2D eigenvalue weighted by Crippen LogP contribution is -2.48. The van der Waals surface area contributed by atoms with Crippen LogP contribution >= 0.6 is 0 Å². The first kappa shape index (κ1) is 18.0. The normalized spacial score (nSPS) is 16.3. The maximum atomic E-state index is 13.3. The number of carbonyl (C=O) groups excluding carboxylic acids is 2. The average Bonchev–Trinajstić information content (AvgIpc) is 3.00. The Morgan fingerprint density at radius 1 is 1.12 bits per heavy atom. The molecule has 1 unspecified atom stereocenters. The van der Waals surface area contributed by atoms with Gasteiger partial charge in [-0.1, -0.05) is 30.3 Å². The summed E-state index contributed by atoms with van der Waals surface area (Å²) in [5.41, 5.74) is -0.262. The molecular weight excluding hydrogens is 345 g/mol. The van der Waals surface area contributed by atoms with Gasteiger partial charge in [-0.15, -0.1) is 0 Å². The molecule has 1 atom stereocenters. The lowest BCUT2D eigenvalue weighted by molar-refractivity contribution is -0.137. The van der Waals surface area contributed by atoms with Crippen molar-refractivity contribution in [3.63, 3.8) is 0 Å². The molecule has 0 bridgehead atoms. The van der Waals surface area contributed by atoms with Crippen LogP contribution in [0.2, 0.25) is 0 Å². The van der Waals surface area contributed by atoms with E-state index in [2.05, 4.69) is 5.32 Å². The van der Waals surface area contributed by atoms with E-state index in [4.69, 9.17) is 0 Å². The van der Waals surface area contributed by atoms with E-state index in [0.717, 1.165) is 17.7 Å². The molecule has 0 spiro atoms. The molecule has 2 aromatic carbocycles. The highest BCUT2D eigenvalue weighted by atomic mass is 19.4. The summed E-state index contributed by atoms with van der Waals surface area (Å²) in [4.78, 5) is 26.6. The maximum Gasteiger partial charge on any atom is 0.417 e. The molecule has 4 nitrogen and oxygen atoms in total. The third-order valence-electron chi connectivity index (χ3n) is 4.31. The molecule has 0 fully saturated rings. The molecule has 2 aromatic rings. The summed E-state index contributed by atoms with van der Waals surface area (Å²) in [5, 5.41) is 2.65. The number of rotatable bonds is 3. The van der Waals surface area contributed by atoms with Gasteiger partial charge in [-0.05, 0) is 30.7 Å². The highest BCUT2D eigenvalue weighted by molar-refractivity contribution is 6.12. The summed E-state index contributed by atoms with van der Waals surface area (Å²) >= 11 is 0. The minimum Gasteiger partial charge on any atom is -0.355 e. The monoisotopic (exact) mass is 362 g/mol. The van der Waals surface area contributed by atoms with Crippen molar-refractivity contribution in [1.29, 1.82) is 0 Å². The number of fused-ring (bicyclic) bond motifs is 1. The number of hydrogen-bond acceptors (Lipinski definition) is 2. The topological polar surface area (TPSA) is 49.4 Å². The van der Waals surface area contributed by atoms with Gasteiger partial charge in [-0.2, -0.15) is 13.2 Å². The predicted molar refractivity (Wildman–Crippen MR) is 90.9 cm³/mol. The zero-order valence-corrected chi connectivity index (χ0v) is 14.0. The molecule has 26 heavy (non-hydrogen) atoms. The molecule has 0 saturated heterocycles. The molecule has 136 valence electrons. The van der Waals surface area contributed by atoms with Gasteiger partial charge in [0.1, 0.15) is 6.04 Å². The number of hydrogen-bond donors (Lipinski definition) is 1. The Balaban J connectivity index is 2.08. The number of para-hydroxylation sites is 1. The van der Waals surface area contributed by atoms with Crippen molar-refractivity contribution in [2.45, 2.75) is 25.6 Å². The lowest BCUT2D eigenvalue weighted by Gasteiger charge is -2.26. The van der Waals surface area contributed by atoms with Crippen LogP contribution in [-0.2, 0) is 17.4 Å². The number of nitrogens with one attached hydrogen (secondary N) is 1. The highest BCUT2D eigenvalue weighted by Gasteiger charge is 2.42. The predicted octanol–water partition coefficient (Wildman–Crippen LogP) is 3.41. The molecule has 0 aromatic heterocycles. The van der Waals surface area contributed by atoms with Crippen LogP contribution in [0.5, 0.6) is 0 Å². The summed E-state index contributed by atoms with van der Waals surface area (Å²) in [6, 6.07) is 10.6. The maximum absolute atomic E-state index is 13.3. The van der Waals surface area contributed by atoms with Gasteiger partial charge in [0.05, 0.1) is 11.1 Å². The van der Waals surface area contributed by atoms with Crippen LogP contribution in [0.4, 0.5) is 18.9 Å². The van der Waals surface area contributed by atoms with Gasteiger partial charge in [0, 0.05) is 18.7 Å². The lowest BCUT2D eigenvalue weighted by atomic mass is 10.0. The minimum atomic E-state index is -4.66. The highest BCUT2D eigenvalue weighted by Crippen LogP contribution is 2.37. The number of carbonyl (C=O) groups is 2. The number of likely N-dealkylation sites (N-methyl/N-ethyl adjacent to an activating group) is 1. The van der Waals surface area contributed by atoms with Gasteiger partial charge < -0.3 is 5.32 Å². The molecular formula is C19H17F3N2O2. The molecule has 0 saturated carbocycles. The molecule has 2 amide bonds. The molecule has 0 radical (unpaired) electrons. The average molecular weight is 362 g/mol. The second-order valence-corrected chi connectivity index (χ2v) is 5.96. The number of nitrogens with zero attached hydrogens (tertiary/aromatic N) is 1. The Hall–Kier alpha value is -2.83. The minimum absolute atomic E-state index is 0.266. The fourth-order valence-electron chi connectivity index (χ4n) is 3.19. The zero-order chi connectivity index (χ0) is 18.9. The summed E-state index contributed by atoms with van der Waals surface area (Å²) in [6.07, 6.45) is -4.39. The number of halogens is 3. The molecule has 1 aliphatic rings. The quantitative estimate of drug-likeness (QED) is 0.910. The zero-order valence-electron chi connectivity index (χ0n) is 14.0.